The van der Waals surface area contributed by atoms with Crippen LogP contribution in [0.4, 0.5) is 0 Å². The standard InChI is InChI=1S/C18H31NO2/c1-3-4-11-17(20)12-9-7-5-6-8-10-16-13-14-18(21)15(2)19-16/h13-14,17,20-21H,3-12H2,1-2H3. The minimum absolute atomic E-state index is 0.0888. The fraction of sp³-hybridized carbons (Fsp3) is 0.722. The van der Waals surface area contributed by atoms with Crippen LogP contribution >= 0.6 is 0 Å². The van der Waals surface area contributed by atoms with Gasteiger partial charge >= 0.3 is 0 Å². The number of aryl methyl sites for hydroxylation is 2. The van der Waals surface area contributed by atoms with E-state index in [1.807, 2.05) is 13.0 Å². The third kappa shape index (κ3) is 8.05. The van der Waals surface area contributed by atoms with Gasteiger partial charge in [-0.25, -0.2) is 0 Å². The summed E-state index contributed by atoms with van der Waals surface area (Å²) in [6.45, 7) is 4.00. The molecule has 1 atom stereocenters. The largest absolute Gasteiger partial charge is 0.506 e. The highest BCUT2D eigenvalue weighted by atomic mass is 16.3. The molecule has 0 spiro atoms. The average Bonchev–Trinajstić information content (AvgIpc) is 2.47. The summed E-state index contributed by atoms with van der Waals surface area (Å²) in [6, 6.07) is 3.64. The van der Waals surface area contributed by atoms with Crippen LogP contribution in [-0.2, 0) is 6.42 Å². The van der Waals surface area contributed by atoms with Crippen molar-refractivity contribution in [2.45, 2.75) is 84.2 Å². The number of pyridine rings is 1. The highest BCUT2D eigenvalue weighted by molar-refractivity contribution is 5.26. The summed E-state index contributed by atoms with van der Waals surface area (Å²) in [7, 11) is 0. The fourth-order valence-corrected chi connectivity index (χ4v) is 2.55. The first-order valence-corrected chi connectivity index (χ1v) is 8.47. The fourth-order valence-electron chi connectivity index (χ4n) is 2.55. The summed E-state index contributed by atoms with van der Waals surface area (Å²) >= 11 is 0. The molecular weight excluding hydrogens is 262 g/mol. The first kappa shape index (κ1) is 18.0. The Morgan fingerprint density at radius 3 is 2.38 bits per heavy atom. The lowest BCUT2D eigenvalue weighted by Crippen LogP contribution is -2.05. The van der Waals surface area contributed by atoms with Crippen molar-refractivity contribution in [1.82, 2.24) is 4.98 Å². The molecule has 3 heteroatoms. The van der Waals surface area contributed by atoms with Gasteiger partial charge in [0.05, 0.1) is 11.8 Å². The van der Waals surface area contributed by atoms with Crippen molar-refractivity contribution < 1.29 is 10.2 Å². The molecule has 21 heavy (non-hydrogen) atoms. The molecule has 2 N–H and O–H groups in total. The van der Waals surface area contributed by atoms with E-state index in [1.165, 1.54) is 25.7 Å². The van der Waals surface area contributed by atoms with Crippen LogP contribution in [0.5, 0.6) is 5.75 Å². The number of hydrogen-bond donors (Lipinski definition) is 2. The zero-order chi connectivity index (χ0) is 15.5. The van der Waals surface area contributed by atoms with Crippen LogP contribution in [0.3, 0.4) is 0 Å². The topological polar surface area (TPSA) is 53.4 Å². The second kappa shape index (κ2) is 10.6. The SMILES string of the molecule is CCCCC(O)CCCCCCCc1ccc(O)c(C)n1. The van der Waals surface area contributed by atoms with E-state index in [-0.39, 0.29) is 11.9 Å². The van der Waals surface area contributed by atoms with Gasteiger partial charge in [0.2, 0.25) is 0 Å². The predicted molar refractivity (Wildman–Crippen MR) is 87.6 cm³/mol. The Labute approximate surface area is 129 Å². The van der Waals surface area contributed by atoms with Crippen molar-refractivity contribution >= 4 is 0 Å². The summed E-state index contributed by atoms with van der Waals surface area (Å²) in [5.41, 5.74) is 1.79. The van der Waals surface area contributed by atoms with E-state index in [1.54, 1.807) is 6.07 Å². The summed E-state index contributed by atoms with van der Waals surface area (Å²) < 4.78 is 0. The molecule has 0 radical (unpaired) electrons. The van der Waals surface area contributed by atoms with E-state index in [4.69, 9.17) is 0 Å². The van der Waals surface area contributed by atoms with Crippen LogP contribution in [0.15, 0.2) is 12.1 Å². The molecule has 1 unspecified atom stereocenters. The predicted octanol–water partition coefficient (Wildman–Crippen LogP) is 4.53. The van der Waals surface area contributed by atoms with E-state index < -0.39 is 0 Å². The van der Waals surface area contributed by atoms with Gasteiger partial charge in [-0.2, -0.15) is 0 Å². The highest BCUT2D eigenvalue weighted by Gasteiger charge is 2.03. The van der Waals surface area contributed by atoms with Gasteiger partial charge in [0, 0.05) is 5.69 Å². The molecule has 0 aliphatic heterocycles. The average molecular weight is 293 g/mol. The van der Waals surface area contributed by atoms with Crippen molar-refractivity contribution in [1.29, 1.82) is 0 Å². The van der Waals surface area contributed by atoms with Crippen LogP contribution in [0, 0.1) is 6.92 Å². The summed E-state index contributed by atoms with van der Waals surface area (Å²) in [5, 5.41) is 19.2. The quantitative estimate of drug-likeness (QED) is 0.589. The van der Waals surface area contributed by atoms with Crippen molar-refractivity contribution in [3.8, 4) is 5.75 Å². The Balaban J connectivity index is 2.00. The van der Waals surface area contributed by atoms with Crippen molar-refractivity contribution in [3.63, 3.8) is 0 Å². The normalized spacial score (nSPS) is 12.5. The molecule has 0 aliphatic rings. The van der Waals surface area contributed by atoms with Crippen LogP contribution in [0.2, 0.25) is 0 Å². The third-order valence-corrected chi connectivity index (χ3v) is 3.98. The maximum absolute atomic E-state index is 9.75. The first-order chi connectivity index (χ1) is 10.1. The van der Waals surface area contributed by atoms with E-state index in [9.17, 15) is 10.2 Å². The summed E-state index contributed by atoms with van der Waals surface area (Å²) in [4.78, 5) is 4.38. The molecule has 1 aromatic heterocycles. The monoisotopic (exact) mass is 293 g/mol. The zero-order valence-electron chi connectivity index (χ0n) is 13.6. The van der Waals surface area contributed by atoms with E-state index in [2.05, 4.69) is 11.9 Å². The molecule has 0 saturated carbocycles. The van der Waals surface area contributed by atoms with Crippen LogP contribution < -0.4 is 0 Å². The van der Waals surface area contributed by atoms with Gasteiger partial charge in [-0.3, -0.25) is 4.98 Å². The lowest BCUT2D eigenvalue weighted by Gasteiger charge is -2.09. The van der Waals surface area contributed by atoms with Gasteiger partial charge in [-0.05, 0) is 44.7 Å². The Morgan fingerprint density at radius 2 is 1.67 bits per heavy atom. The van der Waals surface area contributed by atoms with Gasteiger partial charge in [0.1, 0.15) is 5.75 Å². The van der Waals surface area contributed by atoms with Gasteiger partial charge < -0.3 is 10.2 Å². The second-order valence-corrected chi connectivity index (χ2v) is 6.01. The van der Waals surface area contributed by atoms with Gasteiger partial charge in [0.25, 0.3) is 0 Å². The summed E-state index contributed by atoms with van der Waals surface area (Å²) in [6.07, 6.45) is 11.1. The second-order valence-electron chi connectivity index (χ2n) is 6.01. The first-order valence-electron chi connectivity index (χ1n) is 8.47. The number of unbranched alkanes of at least 4 members (excludes halogenated alkanes) is 5. The number of aliphatic hydroxyl groups is 1. The Kier molecular flexibility index (Phi) is 9.07. The van der Waals surface area contributed by atoms with E-state index >= 15 is 0 Å². The molecule has 1 aromatic rings. The molecule has 120 valence electrons. The summed E-state index contributed by atoms with van der Waals surface area (Å²) in [5.74, 6) is 0.278. The van der Waals surface area contributed by atoms with Crippen molar-refractivity contribution in [3.05, 3.63) is 23.5 Å². The number of aromatic hydroxyl groups is 1. The molecule has 0 fully saturated rings. The molecule has 0 saturated heterocycles. The molecule has 0 bridgehead atoms. The van der Waals surface area contributed by atoms with Gasteiger partial charge in [-0.1, -0.05) is 45.4 Å². The number of aliphatic hydroxyl groups excluding tert-OH is 1. The Hall–Kier alpha value is -1.09. The number of hydrogen-bond acceptors (Lipinski definition) is 3. The molecule has 0 aliphatic carbocycles. The van der Waals surface area contributed by atoms with Crippen molar-refractivity contribution in [2.75, 3.05) is 0 Å². The molecule has 1 rings (SSSR count). The lowest BCUT2D eigenvalue weighted by atomic mass is 10.0. The Bertz CT molecular complexity index is 393. The highest BCUT2D eigenvalue weighted by Crippen LogP contribution is 2.16. The number of rotatable bonds is 11. The maximum Gasteiger partial charge on any atom is 0.136 e. The number of nitrogens with zero attached hydrogens (tertiary/aromatic N) is 1. The number of aromatic nitrogens is 1. The molecule has 3 nitrogen and oxygen atoms in total. The third-order valence-electron chi connectivity index (χ3n) is 3.98. The van der Waals surface area contributed by atoms with Gasteiger partial charge in [0.15, 0.2) is 0 Å². The van der Waals surface area contributed by atoms with Gasteiger partial charge in [-0.15, -0.1) is 0 Å². The van der Waals surface area contributed by atoms with E-state index in [0.717, 1.165) is 44.2 Å². The smallest absolute Gasteiger partial charge is 0.136 e. The van der Waals surface area contributed by atoms with Crippen LogP contribution in [-0.4, -0.2) is 21.3 Å². The lowest BCUT2D eigenvalue weighted by molar-refractivity contribution is 0.148. The minimum Gasteiger partial charge on any atom is -0.506 e. The zero-order valence-corrected chi connectivity index (χ0v) is 13.6. The van der Waals surface area contributed by atoms with Crippen molar-refractivity contribution in [2.24, 2.45) is 0 Å². The molecule has 1 heterocycles. The van der Waals surface area contributed by atoms with Crippen LogP contribution in [0.1, 0.15) is 76.1 Å². The molecular formula is C18H31NO2. The minimum atomic E-state index is -0.0888. The molecule has 0 aromatic carbocycles. The Morgan fingerprint density at radius 1 is 1.00 bits per heavy atom. The van der Waals surface area contributed by atoms with E-state index in [0.29, 0.717) is 5.69 Å². The maximum atomic E-state index is 9.75. The van der Waals surface area contributed by atoms with Crippen LogP contribution in [0.25, 0.3) is 0 Å². The molecule has 0 amide bonds.